The lowest BCUT2D eigenvalue weighted by atomic mass is 10.1. The van der Waals surface area contributed by atoms with Crippen molar-refractivity contribution in [2.75, 3.05) is 6.61 Å². The number of imidazole rings is 1. The second kappa shape index (κ2) is 8.22. The first-order chi connectivity index (χ1) is 16.4. The Morgan fingerprint density at radius 3 is 2.68 bits per heavy atom. The van der Waals surface area contributed by atoms with Gasteiger partial charge in [-0.2, -0.15) is 5.10 Å². The average molecular weight is 457 g/mol. The van der Waals surface area contributed by atoms with Crippen molar-refractivity contribution in [3.63, 3.8) is 0 Å². The highest BCUT2D eigenvalue weighted by molar-refractivity contribution is 5.93. The number of benzene rings is 1. The van der Waals surface area contributed by atoms with E-state index in [9.17, 15) is 9.59 Å². The molecule has 0 amide bonds. The van der Waals surface area contributed by atoms with Gasteiger partial charge in [-0.05, 0) is 32.4 Å². The molecule has 10 heteroatoms. The number of fused-ring (bicyclic) bond motifs is 2. The van der Waals surface area contributed by atoms with E-state index >= 15 is 0 Å². The van der Waals surface area contributed by atoms with Crippen LogP contribution in [0.15, 0.2) is 47.8 Å². The highest BCUT2D eigenvalue weighted by Crippen LogP contribution is 2.28. The molecule has 0 spiro atoms. The summed E-state index contributed by atoms with van der Waals surface area (Å²) in [5.74, 6) is -0.0979. The van der Waals surface area contributed by atoms with Crippen LogP contribution in [0.2, 0.25) is 0 Å². The summed E-state index contributed by atoms with van der Waals surface area (Å²) in [6.07, 6.45) is 6.84. The molecule has 0 aliphatic carbocycles. The molecule has 10 nitrogen and oxygen atoms in total. The van der Waals surface area contributed by atoms with Crippen molar-refractivity contribution < 1.29 is 9.53 Å². The van der Waals surface area contributed by atoms with E-state index in [1.165, 1.54) is 9.13 Å². The molecule has 5 aromatic rings. The van der Waals surface area contributed by atoms with E-state index in [0.717, 1.165) is 22.0 Å². The maximum Gasteiger partial charge on any atom is 0.335 e. The van der Waals surface area contributed by atoms with E-state index in [1.807, 2.05) is 39.1 Å². The Bertz CT molecular complexity index is 1630. The summed E-state index contributed by atoms with van der Waals surface area (Å²) >= 11 is 0. The molecular formula is C24H23N7O3. The molecular weight excluding hydrogens is 434 g/mol. The lowest BCUT2D eigenvalue weighted by Crippen LogP contribution is -2.27. The molecule has 0 unspecified atom stereocenters. The molecule has 0 aliphatic rings. The van der Waals surface area contributed by atoms with Crippen LogP contribution >= 0.6 is 0 Å². The van der Waals surface area contributed by atoms with Crippen LogP contribution in [0, 0.1) is 13.8 Å². The van der Waals surface area contributed by atoms with Gasteiger partial charge in [0, 0.05) is 24.2 Å². The number of aryl methyl sites for hydroxylation is 3. The van der Waals surface area contributed by atoms with E-state index in [1.54, 1.807) is 36.4 Å². The van der Waals surface area contributed by atoms with E-state index in [-0.39, 0.29) is 18.8 Å². The molecule has 0 bridgehead atoms. The predicted molar refractivity (Wildman–Crippen MR) is 127 cm³/mol. The van der Waals surface area contributed by atoms with Gasteiger partial charge in [0.15, 0.2) is 5.82 Å². The zero-order valence-corrected chi connectivity index (χ0v) is 19.3. The van der Waals surface area contributed by atoms with Crippen molar-refractivity contribution in [3.8, 4) is 17.1 Å². The highest BCUT2D eigenvalue weighted by atomic mass is 16.5. The molecule has 0 fully saturated rings. The molecule has 1 aromatic carbocycles. The fourth-order valence-corrected chi connectivity index (χ4v) is 4.26. The number of ether oxygens (including phenoxy) is 1. The molecule has 0 aliphatic heterocycles. The third-order valence-electron chi connectivity index (χ3n) is 5.84. The fraction of sp³-hybridized carbons (Fsp3) is 0.250. The van der Waals surface area contributed by atoms with Crippen LogP contribution in [0.25, 0.3) is 39.0 Å². The first kappa shape index (κ1) is 21.5. The molecule has 0 atom stereocenters. The lowest BCUT2D eigenvalue weighted by Gasteiger charge is -2.09. The maximum absolute atomic E-state index is 13.5. The summed E-state index contributed by atoms with van der Waals surface area (Å²) in [5.41, 5.74) is 4.81. The van der Waals surface area contributed by atoms with Crippen molar-refractivity contribution in [1.82, 2.24) is 33.9 Å². The van der Waals surface area contributed by atoms with Crippen LogP contribution in [0.5, 0.6) is 0 Å². The topological polar surface area (TPSA) is 110 Å². The van der Waals surface area contributed by atoms with Gasteiger partial charge in [0.1, 0.15) is 6.54 Å². The Morgan fingerprint density at radius 1 is 1.09 bits per heavy atom. The minimum atomic E-state index is -0.472. The SMILES string of the molecule is CCOC(=O)Cn1c(=O)n(-c2cnc(-c3cncc4c3cnn4C)c(C)n2)c2c(C)cccc21. The number of carbonyl (C=O) groups is 1. The van der Waals surface area contributed by atoms with Crippen LogP contribution in [0.3, 0.4) is 0 Å². The molecule has 172 valence electrons. The highest BCUT2D eigenvalue weighted by Gasteiger charge is 2.21. The minimum Gasteiger partial charge on any atom is -0.465 e. The Labute approximate surface area is 194 Å². The predicted octanol–water partition coefficient (Wildman–Crippen LogP) is 2.71. The summed E-state index contributed by atoms with van der Waals surface area (Å²) in [4.78, 5) is 39.3. The van der Waals surface area contributed by atoms with Gasteiger partial charge in [-0.3, -0.25) is 24.0 Å². The fourth-order valence-electron chi connectivity index (χ4n) is 4.26. The first-order valence-electron chi connectivity index (χ1n) is 10.9. The average Bonchev–Trinajstić information content (AvgIpc) is 3.33. The van der Waals surface area contributed by atoms with E-state index < -0.39 is 5.97 Å². The van der Waals surface area contributed by atoms with Crippen LogP contribution in [-0.4, -0.2) is 46.4 Å². The van der Waals surface area contributed by atoms with Gasteiger partial charge in [-0.25, -0.2) is 14.3 Å². The second-order valence-electron chi connectivity index (χ2n) is 8.00. The zero-order valence-electron chi connectivity index (χ0n) is 19.3. The summed E-state index contributed by atoms with van der Waals surface area (Å²) in [6, 6.07) is 5.57. The number of esters is 1. The van der Waals surface area contributed by atoms with E-state index in [2.05, 4.69) is 15.1 Å². The summed E-state index contributed by atoms with van der Waals surface area (Å²) in [5, 5.41) is 5.23. The number of aromatic nitrogens is 7. The third kappa shape index (κ3) is 3.35. The van der Waals surface area contributed by atoms with Crippen LogP contribution < -0.4 is 5.69 Å². The lowest BCUT2D eigenvalue weighted by molar-refractivity contribution is -0.143. The summed E-state index contributed by atoms with van der Waals surface area (Å²) in [6.45, 7) is 5.55. The van der Waals surface area contributed by atoms with Gasteiger partial charge in [0.25, 0.3) is 0 Å². The van der Waals surface area contributed by atoms with Crippen LogP contribution in [0.4, 0.5) is 0 Å². The standard InChI is InChI=1S/C24H23N7O3/c1-5-34-21(32)13-30-18-8-6-7-14(2)23(18)31(24(30)33)20-12-26-22(15(3)28-20)17-9-25-11-19-16(17)10-27-29(19)4/h6-12H,5,13H2,1-4H3. The summed E-state index contributed by atoms with van der Waals surface area (Å²) in [7, 11) is 1.86. The monoisotopic (exact) mass is 457 g/mol. The smallest absolute Gasteiger partial charge is 0.335 e. The molecule has 5 rings (SSSR count). The van der Waals surface area contributed by atoms with Gasteiger partial charge in [-0.15, -0.1) is 0 Å². The summed E-state index contributed by atoms with van der Waals surface area (Å²) < 4.78 is 9.73. The first-order valence-corrected chi connectivity index (χ1v) is 10.9. The Kier molecular flexibility index (Phi) is 5.20. The number of para-hydroxylation sites is 1. The molecule has 0 N–H and O–H groups in total. The Hall–Kier alpha value is -4.34. The quantitative estimate of drug-likeness (QED) is 0.373. The molecule has 0 radical (unpaired) electrons. The number of rotatable bonds is 5. The van der Waals surface area contributed by atoms with Crippen LogP contribution in [0.1, 0.15) is 18.2 Å². The molecule has 4 aromatic heterocycles. The van der Waals surface area contributed by atoms with E-state index in [0.29, 0.717) is 28.2 Å². The molecule has 4 heterocycles. The number of carbonyl (C=O) groups excluding carboxylic acids is 1. The minimum absolute atomic E-state index is 0.182. The van der Waals surface area contributed by atoms with Crippen molar-refractivity contribution in [2.24, 2.45) is 7.05 Å². The van der Waals surface area contributed by atoms with Crippen molar-refractivity contribution >= 4 is 27.9 Å². The molecule has 34 heavy (non-hydrogen) atoms. The Balaban J connectivity index is 1.68. The van der Waals surface area contributed by atoms with Crippen LogP contribution in [-0.2, 0) is 23.1 Å². The molecule has 0 saturated carbocycles. The number of hydrogen-bond donors (Lipinski definition) is 0. The Morgan fingerprint density at radius 2 is 1.91 bits per heavy atom. The number of pyridine rings is 1. The number of nitrogens with zero attached hydrogens (tertiary/aromatic N) is 7. The van der Waals surface area contributed by atoms with Gasteiger partial charge >= 0.3 is 11.7 Å². The van der Waals surface area contributed by atoms with Crippen molar-refractivity contribution in [3.05, 3.63) is 64.7 Å². The van der Waals surface area contributed by atoms with Gasteiger partial charge in [0.2, 0.25) is 0 Å². The largest absolute Gasteiger partial charge is 0.465 e. The number of hydrogen-bond acceptors (Lipinski definition) is 7. The third-order valence-corrected chi connectivity index (χ3v) is 5.84. The van der Waals surface area contributed by atoms with Gasteiger partial charge in [-0.1, -0.05) is 12.1 Å². The van der Waals surface area contributed by atoms with Gasteiger partial charge < -0.3 is 4.74 Å². The normalized spacial score (nSPS) is 11.4. The molecule has 0 saturated heterocycles. The maximum atomic E-state index is 13.5. The van der Waals surface area contributed by atoms with E-state index in [4.69, 9.17) is 9.72 Å². The van der Waals surface area contributed by atoms with Crippen molar-refractivity contribution in [1.29, 1.82) is 0 Å². The zero-order chi connectivity index (χ0) is 24.0. The van der Waals surface area contributed by atoms with Gasteiger partial charge in [0.05, 0.1) is 53.1 Å². The van der Waals surface area contributed by atoms with Crippen molar-refractivity contribution in [2.45, 2.75) is 27.3 Å². The second-order valence-corrected chi connectivity index (χ2v) is 8.00.